The van der Waals surface area contributed by atoms with Crippen molar-refractivity contribution in [2.75, 3.05) is 11.9 Å². The Morgan fingerprint density at radius 2 is 1.75 bits per heavy atom. The number of amides is 1. The van der Waals surface area contributed by atoms with E-state index < -0.39 is 16.0 Å². The van der Waals surface area contributed by atoms with E-state index in [1.54, 1.807) is 25.1 Å². The third-order valence-electron chi connectivity index (χ3n) is 4.69. The lowest BCUT2D eigenvalue weighted by atomic mass is 10.1. The van der Waals surface area contributed by atoms with Crippen LogP contribution in [0, 0.1) is 18.3 Å². The Morgan fingerprint density at radius 1 is 1.06 bits per heavy atom. The van der Waals surface area contributed by atoms with Gasteiger partial charge in [0.25, 0.3) is 5.91 Å². The summed E-state index contributed by atoms with van der Waals surface area (Å²) < 4.78 is 36.4. The van der Waals surface area contributed by atoms with Crippen molar-refractivity contribution in [3.63, 3.8) is 0 Å². The zero-order valence-electron chi connectivity index (χ0n) is 19.0. The molecule has 3 aromatic rings. The highest BCUT2D eigenvalue weighted by molar-refractivity contribution is 7.87. The third-order valence-corrected chi connectivity index (χ3v) is 6.77. The van der Waals surface area contributed by atoms with E-state index in [1.807, 2.05) is 13.0 Å². The first-order valence-corrected chi connectivity index (χ1v) is 12.9. The van der Waals surface area contributed by atoms with Crippen molar-refractivity contribution in [3.05, 3.63) is 86.4 Å². The summed E-state index contributed by atoms with van der Waals surface area (Å²) in [6.07, 6.45) is 1.26. The highest BCUT2D eigenvalue weighted by Crippen LogP contribution is 2.39. The summed E-state index contributed by atoms with van der Waals surface area (Å²) in [5, 5.41) is 12.6. The molecule has 0 heterocycles. The van der Waals surface area contributed by atoms with Crippen molar-refractivity contribution in [2.45, 2.75) is 18.7 Å². The number of nitrogens with one attached hydrogen (secondary N) is 1. The van der Waals surface area contributed by atoms with Crippen LogP contribution in [0.4, 0.5) is 5.69 Å². The molecule has 1 N–H and O–H groups in total. The molecule has 0 saturated carbocycles. The van der Waals surface area contributed by atoms with Gasteiger partial charge in [0.1, 0.15) is 16.5 Å². The van der Waals surface area contributed by atoms with Gasteiger partial charge in [0.05, 0.1) is 22.3 Å². The highest BCUT2D eigenvalue weighted by atomic mass is 35.5. The van der Waals surface area contributed by atoms with Gasteiger partial charge in [-0.25, -0.2) is 0 Å². The minimum atomic E-state index is -4.21. The SMILES string of the molecule is CCOc1cc(/C=C(\C#N)C(=O)Nc2cc(Cl)ccc2Cl)cc(Cl)c1OS(=O)(=O)c1ccc(C)cc1. The van der Waals surface area contributed by atoms with Crippen molar-refractivity contribution in [1.82, 2.24) is 0 Å². The average Bonchev–Trinajstić information content (AvgIpc) is 2.82. The second-order valence-corrected chi connectivity index (χ2v) is 10.2. The van der Waals surface area contributed by atoms with Crippen LogP contribution in [-0.4, -0.2) is 20.9 Å². The molecule has 7 nitrogen and oxygen atoms in total. The van der Waals surface area contributed by atoms with Gasteiger partial charge in [0, 0.05) is 5.02 Å². The maximum Gasteiger partial charge on any atom is 0.339 e. The van der Waals surface area contributed by atoms with Crippen molar-refractivity contribution in [3.8, 4) is 17.6 Å². The van der Waals surface area contributed by atoms with Crippen LogP contribution in [0.15, 0.2) is 65.1 Å². The molecule has 0 saturated heterocycles. The Hall–Kier alpha value is -3.22. The van der Waals surface area contributed by atoms with E-state index >= 15 is 0 Å². The fourth-order valence-electron chi connectivity index (χ4n) is 2.98. The van der Waals surface area contributed by atoms with E-state index in [9.17, 15) is 18.5 Å². The normalized spacial score (nSPS) is 11.5. The summed E-state index contributed by atoms with van der Waals surface area (Å²) >= 11 is 18.4. The molecule has 0 atom stereocenters. The van der Waals surface area contributed by atoms with Crippen LogP contribution >= 0.6 is 34.8 Å². The van der Waals surface area contributed by atoms with Crippen LogP contribution in [0.1, 0.15) is 18.1 Å². The van der Waals surface area contributed by atoms with Crippen molar-refractivity contribution < 1.29 is 22.1 Å². The van der Waals surface area contributed by atoms with Crippen LogP contribution < -0.4 is 14.2 Å². The second kappa shape index (κ2) is 11.7. The lowest BCUT2D eigenvalue weighted by molar-refractivity contribution is -0.112. The molecule has 0 spiro atoms. The molecule has 0 radical (unpaired) electrons. The minimum Gasteiger partial charge on any atom is -0.490 e. The van der Waals surface area contributed by atoms with Gasteiger partial charge < -0.3 is 14.2 Å². The molecule has 0 aliphatic carbocycles. The molecule has 11 heteroatoms. The molecule has 0 aliphatic heterocycles. The number of aryl methyl sites for hydroxylation is 1. The molecular formula is C25H19Cl3N2O5S. The number of nitriles is 1. The van der Waals surface area contributed by atoms with E-state index in [4.69, 9.17) is 43.7 Å². The van der Waals surface area contributed by atoms with Gasteiger partial charge >= 0.3 is 10.1 Å². The first kappa shape index (κ1) is 27.4. The lowest BCUT2D eigenvalue weighted by Crippen LogP contribution is -2.14. The van der Waals surface area contributed by atoms with Gasteiger partial charge in [0.15, 0.2) is 5.75 Å². The van der Waals surface area contributed by atoms with E-state index in [0.29, 0.717) is 10.6 Å². The Balaban J connectivity index is 1.95. The average molecular weight is 566 g/mol. The van der Waals surface area contributed by atoms with Crippen molar-refractivity contribution >= 4 is 62.6 Å². The largest absolute Gasteiger partial charge is 0.490 e. The molecule has 0 fully saturated rings. The van der Waals surface area contributed by atoms with Crippen LogP contribution in [-0.2, 0) is 14.9 Å². The van der Waals surface area contributed by atoms with Crippen LogP contribution in [0.3, 0.4) is 0 Å². The quantitative estimate of drug-likeness (QED) is 0.186. The van der Waals surface area contributed by atoms with Gasteiger partial charge in [-0.1, -0.05) is 52.5 Å². The Kier molecular flexibility index (Phi) is 8.88. The summed E-state index contributed by atoms with van der Waals surface area (Å²) in [7, 11) is -4.21. The molecule has 0 bridgehead atoms. The van der Waals surface area contributed by atoms with E-state index in [2.05, 4.69) is 5.32 Å². The summed E-state index contributed by atoms with van der Waals surface area (Å²) in [6.45, 7) is 3.69. The van der Waals surface area contributed by atoms with E-state index in [1.165, 1.54) is 42.5 Å². The number of carbonyl (C=O) groups is 1. The maximum atomic E-state index is 12.8. The predicted molar refractivity (Wildman–Crippen MR) is 140 cm³/mol. The molecule has 36 heavy (non-hydrogen) atoms. The summed E-state index contributed by atoms with van der Waals surface area (Å²) in [6, 6.07) is 15.2. The van der Waals surface area contributed by atoms with Crippen molar-refractivity contribution in [1.29, 1.82) is 5.26 Å². The molecule has 186 valence electrons. The zero-order chi connectivity index (χ0) is 26.5. The number of carbonyl (C=O) groups excluding carboxylic acids is 1. The van der Waals surface area contributed by atoms with Crippen LogP contribution in [0.5, 0.6) is 11.5 Å². The smallest absolute Gasteiger partial charge is 0.339 e. The number of anilines is 1. The first-order valence-electron chi connectivity index (χ1n) is 10.4. The van der Waals surface area contributed by atoms with Crippen LogP contribution in [0.25, 0.3) is 6.08 Å². The standard InChI is InChI=1S/C25H19Cl3N2O5S/c1-3-34-23-12-16(10-17(14-29)25(31)30-22-13-18(26)6-9-20(22)27)11-21(28)24(23)35-36(32,33)19-7-4-15(2)5-8-19/h4-13H,3H2,1-2H3,(H,30,31)/b17-10+. The lowest BCUT2D eigenvalue weighted by Gasteiger charge is -2.14. The van der Waals surface area contributed by atoms with E-state index in [0.717, 1.165) is 5.56 Å². The Bertz CT molecular complexity index is 1480. The third kappa shape index (κ3) is 6.71. The number of hydrogen-bond donors (Lipinski definition) is 1. The van der Waals surface area contributed by atoms with Crippen molar-refractivity contribution in [2.24, 2.45) is 0 Å². The summed E-state index contributed by atoms with van der Waals surface area (Å²) in [4.78, 5) is 12.6. The van der Waals surface area contributed by atoms with Gasteiger partial charge in [-0.2, -0.15) is 13.7 Å². The number of nitrogens with zero attached hydrogens (tertiary/aromatic N) is 1. The maximum absolute atomic E-state index is 12.8. The molecule has 3 aromatic carbocycles. The number of halogens is 3. The fraction of sp³-hybridized carbons (Fsp3) is 0.120. The number of ether oxygens (including phenoxy) is 1. The highest BCUT2D eigenvalue weighted by Gasteiger charge is 2.23. The van der Waals surface area contributed by atoms with E-state index in [-0.39, 0.29) is 44.3 Å². The summed E-state index contributed by atoms with van der Waals surface area (Å²) in [5.74, 6) is -0.939. The molecule has 0 aromatic heterocycles. The molecule has 3 rings (SSSR count). The number of benzene rings is 3. The topological polar surface area (TPSA) is 105 Å². The predicted octanol–water partition coefficient (Wildman–Crippen LogP) is 6.67. The number of rotatable bonds is 8. The summed E-state index contributed by atoms with van der Waals surface area (Å²) in [5.41, 5.74) is 1.14. The monoisotopic (exact) mass is 564 g/mol. The fourth-order valence-corrected chi connectivity index (χ4v) is 4.57. The Morgan fingerprint density at radius 3 is 2.39 bits per heavy atom. The molecule has 0 aliphatic rings. The minimum absolute atomic E-state index is 0.0162. The zero-order valence-corrected chi connectivity index (χ0v) is 22.1. The second-order valence-electron chi connectivity index (χ2n) is 7.36. The number of hydrogen-bond acceptors (Lipinski definition) is 6. The molecule has 1 amide bonds. The molecule has 0 unspecified atom stereocenters. The first-order chi connectivity index (χ1) is 17.0. The van der Waals surface area contributed by atoms with Gasteiger partial charge in [-0.3, -0.25) is 4.79 Å². The van der Waals surface area contributed by atoms with Gasteiger partial charge in [-0.15, -0.1) is 0 Å². The molecular weight excluding hydrogens is 547 g/mol. The van der Waals surface area contributed by atoms with Crippen LogP contribution in [0.2, 0.25) is 15.1 Å². The van der Waals surface area contributed by atoms with Gasteiger partial charge in [-0.05, 0) is 68.0 Å². The Labute approximate surface area is 223 Å². The van der Waals surface area contributed by atoms with Gasteiger partial charge in [0.2, 0.25) is 5.75 Å².